The number of nitrogens with one attached hydrogen (secondary N) is 3. The summed E-state index contributed by atoms with van der Waals surface area (Å²) in [4.78, 5) is 34.5. The van der Waals surface area contributed by atoms with E-state index in [2.05, 4.69) is 30.5 Å². The van der Waals surface area contributed by atoms with Crippen LogP contribution in [0.2, 0.25) is 0 Å². The predicted molar refractivity (Wildman–Crippen MR) is 155 cm³/mol. The Balaban J connectivity index is 1.19. The number of benzene rings is 1. The molecule has 1 aliphatic rings. The maximum absolute atomic E-state index is 13.5. The van der Waals surface area contributed by atoms with Gasteiger partial charge in [-0.1, -0.05) is 19.3 Å². The van der Waals surface area contributed by atoms with Gasteiger partial charge in [-0.15, -0.1) is 0 Å². The fourth-order valence-corrected chi connectivity index (χ4v) is 5.61. The number of hydrogen-bond donors (Lipinski definition) is 3. The van der Waals surface area contributed by atoms with Gasteiger partial charge in [0.25, 0.3) is 0 Å². The Morgan fingerprint density at radius 1 is 0.902 bits per heavy atom. The Labute approximate surface area is 234 Å². The van der Waals surface area contributed by atoms with Crippen molar-refractivity contribution in [3.05, 3.63) is 72.9 Å². The predicted octanol–water partition coefficient (Wildman–Crippen LogP) is 6.67. The normalized spacial score (nSPS) is 14.1. The fraction of sp³-hybridized carbons (Fsp3) is 0.226. The van der Waals surface area contributed by atoms with Crippen molar-refractivity contribution in [3.63, 3.8) is 0 Å². The van der Waals surface area contributed by atoms with Crippen molar-refractivity contribution in [2.24, 2.45) is 5.92 Å². The average molecular weight is 547 g/mol. The monoisotopic (exact) mass is 546 g/mol. The molecule has 1 aliphatic carbocycles. The minimum Gasteiger partial charge on any atom is -0.336 e. The number of rotatable bonds is 6. The molecule has 1 saturated carbocycles. The molecule has 0 aliphatic heterocycles. The number of carbonyl (C=O) groups excluding carboxylic acids is 1. The van der Waals surface area contributed by atoms with Crippen LogP contribution in [0.5, 0.6) is 0 Å². The summed E-state index contributed by atoms with van der Waals surface area (Å²) in [6.07, 6.45) is 11.6. The Kier molecular flexibility index (Phi) is 6.42. The minimum absolute atomic E-state index is 0.0239. The van der Waals surface area contributed by atoms with Gasteiger partial charge in [-0.2, -0.15) is 5.10 Å². The summed E-state index contributed by atoms with van der Waals surface area (Å²) in [6.45, 7) is 0. The first-order chi connectivity index (χ1) is 20.1. The van der Waals surface area contributed by atoms with E-state index in [0.29, 0.717) is 52.0 Å². The third-order valence-corrected chi connectivity index (χ3v) is 7.67. The molecule has 0 spiro atoms. The highest BCUT2D eigenvalue weighted by molar-refractivity contribution is 5.95. The molecule has 0 saturated heterocycles. The number of anilines is 1. The van der Waals surface area contributed by atoms with Crippen molar-refractivity contribution in [1.29, 1.82) is 0 Å². The lowest BCUT2D eigenvalue weighted by Gasteiger charge is -2.20. The molecule has 5 aromatic heterocycles. The van der Waals surface area contributed by atoms with Gasteiger partial charge >= 0.3 is 0 Å². The summed E-state index contributed by atoms with van der Waals surface area (Å²) >= 11 is 0. The molecule has 0 atom stereocenters. The first-order valence-electron chi connectivity index (χ1n) is 13.8. The van der Waals surface area contributed by atoms with E-state index in [1.165, 1.54) is 31.4 Å². The van der Waals surface area contributed by atoms with E-state index in [1.54, 1.807) is 30.7 Å². The number of amides is 1. The second-order valence-electron chi connectivity index (χ2n) is 10.5. The molecule has 9 nitrogen and oxygen atoms in total. The number of nitrogens with zero attached hydrogens (tertiary/aromatic N) is 5. The van der Waals surface area contributed by atoms with Crippen molar-refractivity contribution < 1.29 is 9.18 Å². The molecule has 1 amide bonds. The molecular formula is C31H27FN8O. The summed E-state index contributed by atoms with van der Waals surface area (Å²) in [5, 5.41) is 10.6. The van der Waals surface area contributed by atoms with Gasteiger partial charge in [-0.05, 0) is 67.3 Å². The van der Waals surface area contributed by atoms with Crippen LogP contribution < -0.4 is 5.32 Å². The zero-order valence-corrected chi connectivity index (χ0v) is 22.2. The summed E-state index contributed by atoms with van der Waals surface area (Å²) in [5.74, 6) is 0.713. The Morgan fingerprint density at radius 2 is 1.73 bits per heavy atom. The van der Waals surface area contributed by atoms with Gasteiger partial charge in [-0.3, -0.25) is 19.9 Å². The van der Waals surface area contributed by atoms with Crippen LogP contribution >= 0.6 is 0 Å². The second-order valence-corrected chi connectivity index (χ2v) is 10.5. The van der Waals surface area contributed by atoms with E-state index in [4.69, 9.17) is 9.97 Å². The van der Waals surface area contributed by atoms with Crippen LogP contribution in [0.4, 0.5) is 10.1 Å². The summed E-state index contributed by atoms with van der Waals surface area (Å²) in [6, 6.07) is 13.7. The first-order valence-corrected chi connectivity index (χ1v) is 13.8. The molecule has 0 bridgehead atoms. The molecule has 0 unspecified atom stereocenters. The molecule has 204 valence electrons. The second kappa shape index (κ2) is 10.5. The Bertz CT molecular complexity index is 1870. The third-order valence-electron chi connectivity index (χ3n) is 7.67. The molecule has 7 rings (SSSR count). The van der Waals surface area contributed by atoms with Crippen LogP contribution in [0.25, 0.3) is 56.1 Å². The molecule has 3 N–H and O–H groups in total. The van der Waals surface area contributed by atoms with Crippen molar-refractivity contribution in [1.82, 2.24) is 35.1 Å². The smallest absolute Gasteiger partial charge is 0.224 e. The molecule has 41 heavy (non-hydrogen) atoms. The van der Waals surface area contributed by atoms with Crippen molar-refractivity contribution >= 4 is 33.7 Å². The lowest BCUT2D eigenvalue weighted by Crippen LogP contribution is -2.18. The largest absolute Gasteiger partial charge is 0.336 e. The Morgan fingerprint density at radius 3 is 2.59 bits per heavy atom. The van der Waals surface area contributed by atoms with E-state index in [-0.39, 0.29) is 11.7 Å². The highest BCUT2D eigenvalue weighted by Gasteiger charge is 2.19. The van der Waals surface area contributed by atoms with E-state index >= 15 is 0 Å². The van der Waals surface area contributed by atoms with E-state index in [0.717, 1.165) is 35.0 Å². The van der Waals surface area contributed by atoms with Gasteiger partial charge in [0.1, 0.15) is 16.9 Å². The third kappa shape index (κ3) is 5.04. The zero-order chi connectivity index (χ0) is 27.8. The van der Waals surface area contributed by atoms with Crippen LogP contribution in [0.1, 0.15) is 38.5 Å². The average Bonchev–Trinajstić information content (AvgIpc) is 3.62. The molecule has 5 heterocycles. The summed E-state index contributed by atoms with van der Waals surface area (Å²) < 4.78 is 13.5. The summed E-state index contributed by atoms with van der Waals surface area (Å²) in [5.41, 5.74) is 6.93. The van der Waals surface area contributed by atoms with Crippen molar-refractivity contribution in [3.8, 4) is 34.0 Å². The molecule has 0 radical (unpaired) electrons. The number of imidazole rings is 1. The number of pyridine rings is 3. The maximum Gasteiger partial charge on any atom is 0.224 e. The van der Waals surface area contributed by atoms with Gasteiger partial charge in [0, 0.05) is 29.9 Å². The quantitative estimate of drug-likeness (QED) is 0.214. The molecule has 6 aromatic rings. The van der Waals surface area contributed by atoms with E-state index in [1.807, 2.05) is 24.3 Å². The molecular weight excluding hydrogens is 519 g/mol. The summed E-state index contributed by atoms with van der Waals surface area (Å²) in [7, 11) is 0. The van der Waals surface area contributed by atoms with Gasteiger partial charge in [-0.25, -0.2) is 14.4 Å². The number of H-pyrrole nitrogens is 2. The topological polar surface area (TPSA) is 125 Å². The van der Waals surface area contributed by atoms with Gasteiger partial charge < -0.3 is 10.3 Å². The standard InChI is InChI=1S/C31H27FN8O/c32-21-8-6-19(7-9-21)27-28-24(12-13-34-27)37-31(38-28)30-29-25(39-40-30)11-10-23(36-29)20-15-22(17-33-16-20)35-26(41)14-18-4-2-1-3-5-18/h6-13,15-18H,1-5,14H2,(H,35,41)(H,37,38)(H,39,40). The molecule has 1 aromatic carbocycles. The Hall–Kier alpha value is -4.99. The molecule has 1 fully saturated rings. The zero-order valence-electron chi connectivity index (χ0n) is 22.2. The van der Waals surface area contributed by atoms with E-state index in [9.17, 15) is 9.18 Å². The SMILES string of the molecule is O=C(CC1CCCCC1)Nc1cncc(-c2ccc3[nH]nc(-c4nc5c(-c6ccc(F)cc6)nccc5[nH]4)c3n2)c1. The number of carbonyl (C=O) groups is 1. The molecule has 10 heteroatoms. The van der Waals surface area contributed by atoms with Crippen LogP contribution in [0.3, 0.4) is 0 Å². The highest BCUT2D eigenvalue weighted by Crippen LogP contribution is 2.31. The minimum atomic E-state index is -0.309. The van der Waals surface area contributed by atoms with Crippen molar-refractivity contribution in [2.45, 2.75) is 38.5 Å². The number of aromatic amines is 2. The van der Waals surface area contributed by atoms with Gasteiger partial charge in [0.05, 0.1) is 34.3 Å². The van der Waals surface area contributed by atoms with E-state index < -0.39 is 0 Å². The first kappa shape index (κ1) is 25.0. The number of fused-ring (bicyclic) bond motifs is 2. The van der Waals surface area contributed by atoms with Gasteiger partial charge in [0.15, 0.2) is 11.5 Å². The van der Waals surface area contributed by atoms with Crippen LogP contribution in [0.15, 0.2) is 67.1 Å². The maximum atomic E-state index is 13.5. The highest BCUT2D eigenvalue weighted by atomic mass is 19.1. The number of aromatic nitrogens is 7. The lowest BCUT2D eigenvalue weighted by atomic mass is 9.87. The number of halogens is 1. The van der Waals surface area contributed by atoms with Gasteiger partial charge in [0.2, 0.25) is 5.91 Å². The lowest BCUT2D eigenvalue weighted by molar-refractivity contribution is -0.117. The fourth-order valence-electron chi connectivity index (χ4n) is 5.61. The van der Waals surface area contributed by atoms with Crippen LogP contribution in [-0.2, 0) is 4.79 Å². The number of hydrogen-bond acceptors (Lipinski definition) is 6. The van der Waals surface area contributed by atoms with Crippen LogP contribution in [0, 0.1) is 11.7 Å². The van der Waals surface area contributed by atoms with Crippen molar-refractivity contribution in [2.75, 3.05) is 5.32 Å². The van der Waals surface area contributed by atoms with Crippen LogP contribution in [-0.4, -0.2) is 41.0 Å².